The van der Waals surface area contributed by atoms with Crippen molar-refractivity contribution in [3.63, 3.8) is 0 Å². The Bertz CT molecular complexity index is 864. The molecular formula is C19H20N2O. The number of nitrogens with zero attached hydrogens (tertiary/aromatic N) is 1. The van der Waals surface area contributed by atoms with E-state index in [-0.39, 0.29) is 11.6 Å². The van der Waals surface area contributed by atoms with Gasteiger partial charge in [0.1, 0.15) is 0 Å². The van der Waals surface area contributed by atoms with E-state index >= 15 is 0 Å². The zero-order valence-corrected chi connectivity index (χ0v) is 12.9. The maximum Gasteiger partial charge on any atom is 0.258 e. The van der Waals surface area contributed by atoms with Crippen molar-refractivity contribution in [2.75, 3.05) is 0 Å². The first-order valence-corrected chi connectivity index (χ1v) is 7.56. The summed E-state index contributed by atoms with van der Waals surface area (Å²) in [6, 6.07) is 18.0. The van der Waals surface area contributed by atoms with Gasteiger partial charge in [-0.15, -0.1) is 0 Å². The van der Waals surface area contributed by atoms with Gasteiger partial charge in [0, 0.05) is 29.2 Å². The van der Waals surface area contributed by atoms with Crippen LogP contribution in [0.2, 0.25) is 0 Å². The number of pyridine rings is 1. The Morgan fingerprint density at radius 1 is 0.955 bits per heavy atom. The molecule has 0 fully saturated rings. The monoisotopic (exact) mass is 292 g/mol. The molecule has 0 saturated heterocycles. The first kappa shape index (κ1) is 14.5. The standard InChI is InChI=1S/C19H20N2O/c1-13(2)21-17(12-20)18(14-8-4-3-5-9-14)15-10-6-7-11-16(15)19(21)22/h3-11,13H,12,20H2,1-2H3. The summed E-state index contributed by atoms with van der Waals surface area (Å²) in [5.41, 5.74) is 9.11. The topological polar surface area (TPSA) is 48.0 Å². The minimum absolute atomic E-state index is 0.0331. The van der Waals surface area contributed by atoms with Crippen LogP contribution in [-0.2, 0) is 6.54 Å². The molecule has 0 spiro atoms. The number of aromatic nitrogens is 1. The Kier molecular flexibility index (Phi) is 3.82. The highest BCUT2D eigenvalue weighted by Gasteiger charge is 2.18. The van der Waals surface area contributed by atoms with Gasteiger partial charge in [0.25, 0.3) is 5.56 Å². The third kappa shape index (κ3) is 2.24. The summed E-state index contributed by atoms with van der Waals surface area (Å²) in [5, 5.41) is 1.71. The van der Waals surface area contributed by atoms with Gasteiger partial charge >= 0.3 is 0 Å². The quantitative estimate of drug-likeness (QED) is 0.800. The Hall–Kier alpha value is -2.39. The largest absolute Gasteiger partial charge is 0.325 e. The van der Waals surface area contributed by atoms with Gasteiger partial charge in [-0.25, -0.2) is 0 Å². The van der Waals surface area contributed by atoms with Crippen molar-refractivity contribution in [1.29, 1.82) is 0 Å². The summed E-state index contributed by atoms with van der Waals surface area (Å²) < 4.78 is 1.82. The number of rotatable bonds is 3. The van der Waals surface area contributed by atoms with E-state index in [4.69, 9.17) is 5.73 Å². The highest BCUT2D eigenvalue weighted by molar-refractivity contribution is 5.97. The van der Waals surface area contributed by atoms with E-state index < -0.39 is 0 Å². The van der Waals surface area contributed by atoms with E-state index in [0.29, 0.717) is 6.54 Å². The lowest BCUT2D eigenvalue weighted by Gasteiger charge is -2.21. The Morgan fingerprint density at radius 3 is 2.14 bits per heavy atom. The van der Waals surface area contributed by atoms with Crippen LogP contribution in [0.15, 0.2) is 59.4 Å². The van der Waals surface area contributed by atoms with E-state index in [1.807, 2.05) is 60.9 Å². The van der Waals surface area contributed by atoms with E-state index in [1.54, 1.807) is 0 Å². The fraction of sp³-hybridized carbons (Fsp3) is 0.211. The van der Waals surface area contributed by atoms with Crippen molar-refractivity contribution in [1.82, 2.24) is 4.57 Å². The summed E-state index contributed by atoms with van der Waals surface area (Å²) >= 11 is 0. The average Bonchev–Trinajstić information content (AvgIpc) is 2.55. The maximum atomic E-state index is 12.8. The third-order valence-electron chi connectivity index (χ3n) is 4.00. The van der Waals surface area contributed by atoms with E-state index in [2.05, 4.69) is 12.1 Å². The van der Waals surface area contributed by atoms with Gasteiger partial charge in [-0.2, -0.15) is 0 Å². The first-order chi connectivity index (χ1) is 10.6. The minimum atomic E-state index is 0.0331. The summed E-state index contributed by atoms with van der Waals surface area (Å²) in [6.07, 6.45) is 0. The molecule has 0 amide bonds. The third-order valence-corrected chi connectivity index (χ3v) is 4.00. The molecule has 112 valence electrons. The number of fused-ring (bicyclic) bond motifs is 1. The molecule has 1 aromatic heterocycles. The van der Waals surface area contributed by atoms with Crippen LogP contribution in [-0.4, -0.2) is 4.57 Å². The van der Waals surface area contributed by atoms with Crippen LogP contribution in [0.1, 0.15) is 25.6 Å². The Morgan fingerprint density at radius 2 is 1.55 bits per heavy atom. The van der Waals surface area contributed by atoms with Crippen molar-refractivity contribution in [3.8, 4) is 11.1 Å². The number of benzene rings is 2. The summed E-state index contributed by atoms with van der Waals surface area (Å²) in [6.45, 7) is 4.37. The van der Waals surface area contributed by atoms with Crippen LogP contribution in [0.5, 0.6) is 0 Å². The summed E-state index contributed by atoms with van der Waals surface area (Å²) in [7, 11) is 0. The normalized spacial score (nSPS) is 11.3. The summed E-state index contributed by atoms with van der Waals surface area (Å²) in [5.74, 6) is 0. The Balaban J connectivity index is 2.54. The van der Waals surface area contributed by atoms with Crippen LogP contribution < -0.4 is 11.3 Å². The van der Waals surface area contributed by atoms with Crippen molar-refractivity contribution in [3.05, 3.63) is 70.6 Å². The van der Waals surface area contributed by atoms with E-state index in [0.717, 1.165) is 27.6 Å². The molecule has 0 aliphatic rings. The second-order valence-electron chi connectivity index (χ2n) is 5.71. The van der Waals surface area contributed by atoms with Gasteiger partial charge in [0.05, 0.1) is 0 Å². The lowest BCUT2D eigenvalue weighted by molar-refractivity contribution is 0.556. The molecule has 0 unspecified atom stereocenters. The molecule has 1 heterocycles. The summed E-state index contributed by atoms with van der Waals surface area (Å²) in [4.78, 5) is 12.8. The van der Waals surface area contributed by atoms with E-state index in [1.165, 1.54) is 0 Å². The molecule has 0 radical (unpaired) electrons. The molecule has 0 aliphatic heterocycles. The van der Waals surface area contributed by atoms with Crippen LogP contribution in [0.4, 0.5) is 0 Å². The van der Waals surface area contributed by atoms with Gasteiger partial charge in [-0.05, 0) is 30.9 Å². The molecule has 22 heavy (non-hydrogen) atoms. The van der Waals surface area contributed by atoms with Crippen LogP contribution >= 0.6 is 0 Å². The zero-order chi connectivity index (χ0) is 15.7. The first-order valence-electron chi connectivity index (χ1n) is 7.56. The predicted octanol–water partition coefficient (Wildman–Crippen LogP) is 3.71. The molecule has 3 rings (SSSR count). The van der Waals surface area contributed by atoms with Crippen LogP contribution in [0.25, 0.3) is 21.9 Å². The molecule has 2 N–H and O–H groups in total. The molecule has 3 aromatic rings. The Labute approximate surface area is 130 Å². The predicted molar refractivity (Wildman–Crippen MR) is 91.9 cm³/mol. The van der Waals surface area contributed by atoms with Crippen LogP contribution in [0.3, 0.4) is 0 Å². The van der Waals surface area contributed by atoms with Crippen LogP contribution in [0, 0.1) is 0 Å². The van der Waals surface area contributed by atoms with Gasteiger partial charge in [0.15, 0.2) is 0 Å². The highest BCUT2D eigenvalue weighted by Crippen LogP contribution is 2.31. The number of hydrogen-bond donors (Lipinski definition) is 1. The lowest BCUT2D eigenvalue weighted by Crippen LogP contribution is -2.28. The second-order valence-corrected chi connectivity index (χ2v) is 5.71. The molecule has 3 heteroatoms. The highest BCUT2D eigenvalue weighted by atomic mass is 16.1. The smallest absolute Gasteiger partial charge is 0.258 e. The SMILES string of the molecule is CC(C)n1c(CN)c(-c2ccccc2)c2ccccc2c1=O. The molecule has 0 aliphatic carbocycles. The van der Waals surface area contributed by atoms with Crippen molar-refractivity contribution >= 4 is 10.8 Å². The average molecular weight is 292 g/mol. The number of nitrogens with two attached hydrogens (primary N) is 1. The maximum absolute atomic E-state index is 12.8. The molecule has 3 nitrogen and oxygen atoms in total. The fourth-order valence-electron chi connectivity index (χ4n) is 3.09. The van der Waals surface area contributed by atoms with Crippen molar-refractivity contribution < 1.29 is 0 Å². The number of hydrogen-bond acceptors (Lipinski definition) is 2. The molecule has 0 bridgehead atoms. The van der Waals surface area contributed by atoms with Gasteiger partial charge in [-0.3, -0.25) is 4.79 Å². The van der Waals surface area contributed by atoms with Crippen molar-refractivity contribution in [2.45, 2.75) is 26.4 Å². The molecule has 0 atom stereocenters. The zero-order valence-electron chi connectivity index (χ0n) is 12.9. The molecular weight excluding hydrogens is 272 g/mol. The van der Waals surface area contributed by atoms with Gasteiger partial charge < -0.3 is 10.3 Å². The van der Waals surface area contributed by atoms with E-state index in [9.17, 15) is 4.79 Å². The van der Waals surface area contributed by atoms with Gasteiger partial charge in [-0.1, -0.05) is 48.5 Å². The van der Waals surface area contributed by atoms with Crippen molar-refractivity contribution in [2.24, 2.45) is 5.73 Å². The second kappa shape index (κ2) is 5.78. The molecule has 0 saturated carbocycles. The minimum Gasteiger partial charge on any atom is -0.325 e. The van der Waals surface area contributed by atoms with Gasteiger partial charge in [0.2, 0.25) is 0 Å². The molecule has 2 aromatic carbocycles. The lowest BCUT2D eigenvalue weighted by atomic mass is 9.96. The fourth-order valence-corrected chi connectivity index (χ4v) is 3.09.